The fourth-order valence-corrected chi connectivity index (χ4v) is 1.99. The van der Waals surface area contributed by atoms with Crippen molar-refractivity contribution in [3.8, 4) is 0 Å². The maximum Gasteiger partial charge on any atom is 0.356 e. The molecule has 0 atom stereocenters. The lowest BCUT2D eigenvalue weighted by Crippen LogP contribution is -2.33. The van der Waals surface area contributed by atoms with Crippen molar-refractivity contribution >= 4 is 11.7 Å². The molecule has 0 radical (unpaired) electrons. The fraction of sp³-hybridized carbons (Fsp3) is 0.500. The van der Waals surface area contributed by atoms with E-state index in [2.05, 4.69) is 22.0 Å². The molecule has 4 heteroatoms. The molecule has 1 N–H and O–H groups in total. The van der Waals surface area contributed by atoms with Gasteiger partial charge in [0.1, 0.15) is 5.69 Å². The lowest BCUT2D eigenvalue weighted by atomic mass is 9.82. The van der Waals surface area contributed by atoms with Gasteiger partial charge in [-0.25, -0.2) is 9.78 Å². The van der Waals surface area contributed by atoms with Crippen LogP contribution in [0.15, 0.2) is 18.3 Å². The third-order valence-corrected chi connectivity index (χ3v) is 2.90. The smallest absolute Gasteiger partial charge is 0.356 e. The van der Waals surface area contributed by atoms with Crippen LogP contribution in [0.3, 0.4) is 0 Å². The molecule has 1 aromatic heterocycles. The number of carbonyl (C=O) groups excluding carboxylic acids is 1. The van der Waals surface area contributed by atoms with Crippen molar-refractivity contribution in [2.45, 2.75) is 25.8 Å². The van der Waals surface area contributed by atoms with Crippen molar-refractivity contribution in [1.29, 1.82) is 0 Å². The van der Waals surface area contributed by atoms with Gasteiger partial charge in [-0.2, -0.15) is 0 Å². The molecule has 1 aliphatic rings. The van der Waals surface area contributed by atoms with Gasteiger partial charge in [0.15, 0.2) is 0 Å². The molecule has 0 saturated heterocycles. The molecular formula is C12H16N2O2. The van der Waals surface area contributed by atoms with Crippen molar-refractivity contribution in [1.82, 2.24) is 4.98 Å². The van der Waals surface area contributed by atoms with Crippen LogP contribution in [0, 0.1) is 5.92 Å². The topological polar surface area (TPSA) is 51.2 Å². The molecule has 0 aliphatic heterocycles. The highest BCUT2D eigenvalue weighted by molar-refractivity contribution is 5.88. The molecule has 0 bridgehead atoms. The van der Waals surface area contributed by atoms with E-state index < -0.39 is 5.97 Å². The monoisotopic (exact) mass is 220 g/mol. The number of nitrogens with zero attached hydrogens (tertiary/aromatic N) is 1. The number of rotatable bonds is 3. The number of hydrogen-bond acceptors (Lipinski definition) is 4. The number of hydrogen-bond donors (Lipinski definition) is 1. The Morgan fingerprint density at radius 2 is 2.31 bits per heavy atom. The third-order valence-electron chi connectivity index (χ3n) is 2.90. The molecule has 0 unspecified atom stereocenters. The second kappa shape index (κ2) is 4.51. The van der Waals surface area contributed by atoms with Gasteiger partial charge >= 0.3 is 5.97 Å². The Morgan fingerprint density at radius 1 is 1.56 bits per heavy atom. The summed E-state index contributed by atoms with van der Waals surface area (Å²) in [6, 6.07) is 4.13. The van der Waals surface area contributed by atoms with Gasteiger partial charge in [0.2, 0.25) is 0 Å². The lowest BCUT2D eigenvalue weighted by Gasteiger charge is -2.34. The number of ether oxygens (including phenoxy) is 1. The van der Waals surface area contributed by atoms with Gasteiger partial charge in [-0.15, -0.1) is 0 Å². The van der Waals surface area contributed by atoms with Crippen molar-refractivity contribution in [3.05, 3.63) is 24.0 Å². The highest BCUT2D eigenvalue weighted by Gasteiger charge is 2.25. The first-order valence-corrected chi connectivity index (χ1v) is 5.50. The van der Waals surface area contributed by atoms with E-state index in [-0.39, 0.29) is 0 Å². The first kappa shape index (κ1) is 10.9. The van der Waals surface area contributed by atoms with Gasteiger partial charge in [-0.1, -0.05) is 6.92 Å². The molecule has 16 heavy (non-hydrogen) atoms. The molecule has 1 aliphatic carbocycles. The van der Waals surface area contributed by atoms with Crippen molar-refractivity contribution in [2.75, 3.05) is 12.4 Å². The zero-order valence-corrected chi connectivity index (χ0v) is 9.56. The van der Waals surface area contributed by atoms with E-state index in [1.54, 1.807) is 12.3 Å². The number of pyridine rings is 1. The average Bonchev–Trinajstić information content (AvgIpc) is 2.26. The van der Waals surface area contributed by atoms with E-state index in [1.807, 2.05) is 6.07 Å². The van der Waals surface area contributed by atoms with E-state index >= 15 is 0 Å². The molecule has 1 fully saturated rings. The largest absolute Gasteiger partial charge is 0.464 e. The van der Waals surface area contributed by atoms with Gasteiger partial charge < -0.3 is 10.1 Å². The number of carbonyl (C=O) groups is 1. The summed E-state index contributed by atoms with van der Waals surface area (Å²) in [6.45, 7) is 2.24. The number of aromatic nitrogens is 1. The zero-order chi connectivity index (χ0) is 11.5. The van der Waals surface area contributed by atoms with Gasteiger partial charge in [-0.05, 0) is 30.9 Å². The van der Waals surface area contributed by atoms with Crippen LogP contribution in [0.4, 0.5) is 5.69 Å². The summed E-state index contributed by atoms with van der Waals surface area (Å²) in [5.41, 5.74) is 1.28. The summed E-state index contributed by atoms with van der Waals surface area (Å²) in [7, 11) is 1.36. The number of anilines is 1. The fourth-order valence-electron chi connectivity index (χ4n) is 1.99. The Hall–Kier alpha value is -1.58. The van der Waals surface area contributed by atoms with Crippen molar-refractivity contribution < 1.29 is 9.53 Å². The maximum atomic E-state index is 11.3. The van der Waals surface area contributed by atoms with E-state index in [0.29, 0.717) is 11.7 Å². The molecule has 86 valence electrons. The van der Waals surface area contributed by atoms with Gasteiger partial charge in [-0.3, -0.25) is 0 Å². The summed E-state index contributed by atoms with van der Waals surface area (Å²) in [6.07, 6.45) is 4.00. The third kappa shape index (κ3) is 2.32. The molecule has 1 aromatic rings. The van der Waals surface area contributed by atoms with E-state index in [9.17, 15) is 4.79 Å². The second-order valence-electron chi connectivity index (χ2n) is 4.34. The van der Waals surface area contributed by atoms with E-state index in [1.165, 1.54) is 20.0 Å². The van der Waals surface area contributed by atoms with Gasteiger partial charge in [0.25, 0.3) is 0 Å². The minimum atomic E-state index is -0.398. The van der Waals surface area contributed by atoms with Crippen LogP contribution >= 0.6 is 0 Å². The van der Waals surface area contributed by atoms with Gasteiger partial charge in [0, 0.05) is 17.9 Å². The van der Waals surface area contributed by atoms with Crippen LogP contribution in [0.5, 0.6) is 0 Å². The van der Waals surface area contributed by atoms with Crippen LogP contribution in [-0.4, -0.2) is 24.1 Å². The lowest BCUT2D eigenvalue weighted by molar-refractivity contribution is 0.0594. The van der Waals surface area contributed by atoms with Crippen LogP contribution in [0.1, 0.15) is 30.3 Å². The Bertz CT molecular complexity index is 386. The first-order chi connectivity index (χ1) is 7.69. The normalized spacial score (nSPS) is 23.4. The highest BCUT2D eigenvalue weighted by Crippen LogP contribution is 2.29. The molecule has 0 spiro atoms. The number of nitrogens with one attached hydrogen (secondary N) is 1. The SMILES string of the molecule is COC(=O)c1cc(NC2CC(C)C2)ccn1. The molecule has 4 nitrogen and oxygen atoms in total. The zero-order valence-electron chi connectivity index (χ0n) is 9.56. The highest BCUT2D eigenvalue weighted by atomic mass is 16.5. The summed E-state index contributed by atoms with van der Waals surface area (Å²) < 4.78 is 4.62. The minimum Gasteiger partial charge on any atom is -0.464 e. The summed E-state index contributed by atoms with van der Waals surface area (Å²) in [5.74, 6) is 0.407. The Labute approximate surface area is 95.0 Å². The van der Waals surface area contributed by atoms with Crippen LogP contribution < -0.4 is 5.32 Å². The molecule has 2 rings (SSSR count). The predicted octanol–water partition coefficient (Wildman–Crippen LogP) is 2.08. The Balaban J connectivity index is 2.02. The molecular weight excluding hydrogens is 204 g/mol. The van der Waals surface area contributed by atoms with Crippen molar-refractivity contribution in [2.24, 2.45) is 5.92 Å². The summed E-state index contributed by atoms with van der Waals surface area (Å²) in [4.78, 5) is 15.2. The van der Waals surface area contributed by atoms with Crippen LogP contribution in [0.2, 0.25) is 0 Å². The van der Waals surface area contributed by atoms with Crippen LogP contribution in [-0.2, 0) is 4.74 Å². The second-order valence-corrected chi connectivity index (χ2v) is 4.34. The molecule has 0 amide bonds. The first-order valence-electron chi connectivity index (χ1n) is 5.50. The molecule has 1 saturated carbocycles. The quantitative estimate of drug-likeness (QED) is 0.792. The van der Waals surface area contributed by atoms with Gasteiger partial charge in [0.05, 0.1) is 7.11 Å². The summed E-state index contributed by atoms with van der Waals surface area (Å²) in [5, 5.41) is 3.38. The summed E-state index contributed by atoms with van der Waals surface area (Å²) >= 11 is 0. The predicted molar refractivity (Wildman–Crippen MR) is 61.4 cm³/mol. The van der Waals surface area contributed by atoms with E-state index in [0.717, 1.165) is 11.6 Å². The number of methoxy groups -OCH3 is 1. The standard InChI is InChI=1S/C12H16N2O2/c1-8-5-10(6-8)14-9-3-4-13-11(7-9)12(15)16-2/h3-4,7-8,10H,5-6H2,1-2H3,(H,13,14). The van der Waals surface area contributed by atoms with E-state index in [4.69, 9.17) is 0 Å². The molecule has 1 heterocycles. The number of esters is 1. The Morgan fingerprint density at radius 3 is 2.94 bits per heavy atom. The minimum absolute atomic E-state index is 0.347. The van der Waals surface area contributed by atoms with Crippen molar-refractivity contribution in [3.63, 3.8) is 0 Å². The average molecular weight is 220 g/mol. The molecule has 0 aromatic carbocycles. The maximum absolute atomic E-state index is 11.3. The van der Waals surface area contributed by atoms with Crippen LogP contribution in [0.25, 0.3) is 0 Å². The Kier molecular flexibility index (Phi) is 3.08.